The van der Waals surface area contributed by atoms with Crippen LogP contribution in [0.4, 0.5) is 5.82 Å². The van der Waals surface area contributed by atoms with E-state index in [-0.39, 0.29) is 36.6 Å². The zero-order valence-corrected chi connectivity index (χ0v) is 17.3. The van der Waals surface area contributed by atoms with Crippen LogP contribution in [-0.2, 0) is 16.1 Å². The van der Waals surface area contributed by atoms with Gasteiger partial charge in [-0.25, -0.2) is 4.98 Å². The number of ether oxygens (including phenoxy) is 1. The molecule has 1 unspecified atom stereocenters. The molecule has 2 aromatic rings. The molecule has 0 bridgehead atoms. The lowest BCUT2D eigenvalue weighted by atomic mass is 9.92. The third-order valence-electron chi connectivity index (χ3n) is 4.78. The van der Waals surface area contributed by atoms with Crippen LogP contribution in [-0.4, -0.2) is 44.2 Å². The lowest BCUT2D eigenvalue weighted by Crippen LogP contribution is -2.46. The monoisotopic (exact) mass is 414 g/mol. The Balaban J connectivity index is 0.00000182. The number of rotatable bonds is 5. The van der Waals surface area contributed by atoms with E-state index in [0.29, 0.717) is 19.8 Å². The van der Waals surface area contributed by atoms with Crippen LogP contribution in [0.5, 0.6) is 0 Å². The summed E-state index contributed by atoms with van der Waals surface area (Å²) >= 11 is 0. The Hall–Kier alpha value is -1.60. The van der Waals surface area contributed by atoms with Crippen molar-refractivity contribution in [2.75, 3.05) is 32.2 Å². The predicted molar refractivity (Wildman–Crippen MR) is 114 cm³/mol. The van der Waals surface area contributed by atoms with Gasteiger partial charge in [0.1, 0.15) is 5.82 Å². The van der Waals surface area contributed by atoms with Gasteiger partial charge in [0.05, 0.1) is 11.6 Å². The van der Waals surface area contributed by atoms with Gasteiger partial charge >= 0.3 is 0 Å². The molecule has 0 radical (unpaired) electrons. The summed E-state index contributed by atoms with van der Waals surface area (Å²) in [5, 5.41) is 4.05. The van der Waals surface area contributed by atoms with Crippen LogP contribution in [0.2, 0.25) is 0 Å². The highest BCUT2D eigenvalue weighted by atomic mass is 35.5. The van der Waals surface area contributed by atoms with Crippen LogP contribution in [0.15, 0.2) is 30.3 Å². The highest BCUT2D eigenvalue weighted by Gasteiger charge is 2.26. The largest absolute Gasteiger partial charge is 0.381 e. The first-order valence-electron chi connectivity index (χ1n) is 8.73. The van der Waals surface area contributed by atoms with E-state index in [2.05, 4.69) is 10.3 Å². The van der Waals surface area contributed by atoms with Crippen molar-refractivity contribution in [3.8, 4) is 0 Å². The van der Waals surface area contributed by atoms with Crippen molar-refractivity contribution < 1.29 is 9.53 Å². The summed E-state index contributed by atoms with van der Waals surface area (Å²) in [4.78, 5) is 19.1. The molecule has 27 heavy (non-hydrogen) atoms. The predicted octanol–water partition coefficient (Wildman–Crippen LogP) is 2.51. The molecule has 1 atom stereocenters. The Morgan fingerprint density at radius 3 is 2.63 bits per heavy atom. The number of nitrogens with two attached hydrogens (primary N) is 1. The van der Waals surface area contributed by atoms with Gasteiger partial charge in [-0.1, -0.05) is 18.2 Å². The number of pyridine rings is 1. The minimum atomic E-state index is -0.481. The first kappa shape index (κ1) is 23.4. The van der Waals surface area contributed by atoms with Gasteiger partial charge in [-0.15, -0.1) is 24.8 Å². The Morgan fingerprint density at radius 2 is 1.96 bits per heavy atom. The van der Waals surface area contributed by atoms with Crippen molar-refractivity contribution in [3.05, 3.63) is 35.9 Å². The molecule has 8 heteroatoms. The highest BCUT2D eigenvalue weighted by molar-refractivity contribution is 5.86. The molecular formula is C19H28Cl2N4O2. The Bertz CT molecular complexity index is 752. The Kier molecular flexibility index (Phi) is 9.26. The van der Waals surface area contributed by atoms with Crippen molar-refractivity contribution >= 4 is 47.4 Å². The summed E-state index contributed by atoms with van der Waals surface area (Å²) in [5.41, 5.74) is 8.12. The van der Waals surface area contributed by atoms with Crippen LogP contribution in [0.1, 0.15) is 18.4 Å². The van der Waals surface area contributed by atoms with E-state index in [4.69, 9.17) is 10.5 Å². The third-order valence-corrected chi connectivity index (χ3v) is 4.78. The smallest absolute Gasteiger partial charge is 0.237 e. The SMILES string of the molecule is CN(C)c1cc(CNC(=O)C(N)C2CCOCC2)c2ccccc2n1.Cl.Cl. The Morgan fingerprint density at radius 1 is 1.30 bits per heavy atom. The fourth-order valence-electron chi connectivity index (χ4n) is 3.20. The lowest BCUT2D eigenvalue weighted by molar-refractivity contribution is -0.124. The molecule has 1 aliphatic heterocycles. The summed E-state index contributed by atoms with van der Waals surface area (Å²) in [6.07, 6.45) is 1.69. The van der Waals surface area contributed by atoms with Crippen molar-refractivity contribution in [3.63, 3.8) is 0 Å². The quantitative estimate of drug-likeness (QED) is 0.785. The van der Waals surface area contributed by atoms with E-state index in [9.17, 15) is 4.79 Å². The van der Waals surface area contributed by atoms with E-state index in [1.165, 1.54) is 0 Å². The summed E-state index contributed by atoms with van der Waals surface area (Å²) in [7, 11) is 3.92. The Labute approximate surface area is 172 Å². The van der Waals surface area contributed by atoms with Crippen LogP contribution in [0, 0.1) is 5.92 Å². The molecular weight excluding hydrogens is 387 g/mol. The number of carbonyl (C=O) groups excluding carboxylic acids is 1. The maximum absolute atomic E-state index is 12.5. The number of halogens is 2. The second-order valence-electron chi connectivity index (χ2n) is 6.74. The van der Waals surface area contributed by atoms with Gasteiger partial charge in [0.25, 0.3) is 0 Å². The van der Waals surface area contributed by atoms with Crippen molar-refractivity contribution in [2.24, 2.45) is 11.7 Å². The molecule has 1 aromatic carbocycles. The molecule has 6 nitrogen and oxygen atoms in total. The maximum atomic E-state index is 12.5. The molecule has 1 aliphatic rings. The molecule has 0 spiro atoms. The number of hydrogen-bond donors (Lipinski definition) is 2. The first-order chi connectivity index (χ1) is 12.1. The zero-order valence-electron chi connectivity index (χ0n) is 15.7. The van der Waals surface area contributed by atoms with E-state index in [0.717, 1.165) is 35.1 Å². The van der Waals surface area contributed by atoms with Gasteiger partial charge in [-0.05, 0) is 36.5 Å². The van der Waals surface area contributed by atoms with E-state index >= 15 is 0 Å². The molecule has 1 aromatic heterocycles. The summed E-state index contributed by atoms with van der Waals surface area (Å²) < 4.78 is 5.34. The summed E-state index contributed by atoms with van der Waals surface area (Å²) in [5.74, 6) is 0.969. The standard InChI is InChI=1S/C19H26N4O2.2ClH/c1-23(2)17-11-14(15-5-3-4-6-16(15)22-17)12-21-19(24)18(20)13-7-9-25-10-8-13;;/h3-6,11,13,18H,7-10,12,20H2,1-2H3,(H,21,24);2*1H. The number of nitrogens with one attached hydrogen (secondary N) is 1. The van der Waals surface area contributed by atoms with Gasteiger partial charge in [0, 0.05) is 39.2 Å². The van der Waals surface area contributed by atoms with Crippen LogP contribution >= 0.6 is 24.8 Å². The fraction of sp³-hybridized carbons (Fsp3) is 0.474. The number of para-hydroxylation sites is 1. The number of aromatic nitrogens is 1. The van der Waals surface area contributed by atoms with E-state index in [1.54, 1.807) is 0 Å². The molecule has 150 valence electrons. The molecule has 3 N–H and O–H groups in total. The van der Waals surface area contributed by atoms with Crippen LogP contribution < -0.4 is 16.0 Å². The molecule has 2 heterocycles. The normalized spacial score (nSPS) is 15.4. The first-order valence-corrected chi connectivity index (χ1v) is 8.73. The second-order valence-corrected chi connectivity index (χ2v) is 6.74. The summed E-state index contributed by atoms with van der Waals surface area (Å²) in [6, 6.07) is 9.51. The number of anilines is 1. The number of nitrogens with zero attached hydrogens (tertiary/aromatic N) is 2. The second kappa shape index (κ2) is 10.7. The van der Waals surface area contributed by atoms with Gasteiger partial charge in [0.2, 0.25) is 5.91 Å². The van der Waals surface area contributed by atoms with Crippen molar-refractivity contribution in [2.45, 2.75) is 25.4 Å². The van der Waals surface area contributed by atoms with E-state index in [1.807, 2.05) is 49.3 Å². The van der Waals surface area contributed by atoms with Crippen molar-refractivity contribution in [1.82, 2.24) is 10.3 Å². The average Bonchev–Trinajstić information content (AvgIpc) is 2.65. The average molecular weight is 415 g/mol. The number of fused-ring (bicyclic) bond motifs is 1. The molecule has 0 aliphatic carbocycles. The lowest BCUT2D eigenvalue weighted by Gasteiger charge is -2.26. The number of benzene rings is 1. The molecule has 1 saturated heterocycles. The number of amides is 1. The minimum Gasteiger partial charge on any atom is -0.381 e. The van der Waals surface area contributed by atoms with Crippen LogP contribution in [0.3, 0.4) is 0 Å². The molecule has 1 amide bonds. The van der Waals surface area contributed by atoms with Gasteiger partial charge in [-0.3, -0.25) is 4.79 Å². The molecule has 3 rings (SSSR count). The van der Waals surface area contributed by atoms with E-state index < -0.39 is 6.04 Å². The maximum Gasteiger partial charge on any atom is 0.237 e. The van der Waals surface area contributed by atoms with Gasteiger partial charge < -0.3 is 20.7 Å². The minimum absolute atomic E-state index is 0. The zero-order chi connectivity index (χ0) is 17.8. The molecule has 0 saturated carbocycles. The highest BCUT2D eigenvalue weighted by Crippen LogP contribution is 2.22. The topological polar surface area (TPSA) is 80.5 Å². The summed E-state index contributed by atoms with van der Waals surface area (Å²) in [6.45, 7) is 1.82. The number of hydrogen-bond acceptors (Lipinski definition) is 5. The van der Waals surface area contributed by atoms with Gasteiger partial charge in [0.15, 0.2) is 0 Å². The number of carbonyl (C=O) groups is 1. The van der Waals surface area contributed by atoms with Crippen molar-refractivity contribution in [1.29, 1.82) is 0 Å². The third kappa shape index (κ3) is 5.69. The fourth-order valence-corrected chi connectivity index (χ4v) is 3.20. The van der Waals surface area contributed by atoms with Gasteiger partial charge in [-0.2, -0.15) is 0 Å². The molecule has 1 fully saturated rings. The van der Waals surface area contributed by atoms with Crippen LogP contribution in [0.25, 0.3) is 10.9 Å².